The second-order valence-corrected chi connectivity index (χ2v) is 5.76. The molecule has 0 bridgehead atoms. The Morgan fingerprint density at radius 2 is 1.74 bits per heavy atom. The second kappa shape index (κ2) is 7.97. The second-order valence-electron chi connectivity index (χ2n) is 5.76. The van der Waals surface area contributed by atoms with Gasteiger partial charge in [-0.1, -0.05) is 61.4 Å². The van der Waals surface area contributed by atoms with Gasteiger partial charge in [-0.25, -0.2) is 0 Å². The van der Waals surface area contributed by atoms with Crippen LogP contribution in [-0.4, -0.2) is 0 Å². The zero-order chi connectivity index (χ0) is 13.7. The van der Waals surface area contributed by atoms with E-state index in [4.69, 9.17) is 0 Å². The Bertz CT molecular complexity index is 788. The van der Waals surface area contributed by atoms with E-state index in [0.717, 1.165) is 12.8 Å². The van der Waals surface area contributed by atoms with Crippen LogP contribution < -0.4 is 24.8 Å². The Labute approximate surface area is 170 Å². The van der Waals surface area contributed by atoms with Crippen molar-refractivity contribution in [2.24, 2.45) is 0 Å². The fraction of sp³-hybridized carbons (Fsp3) is 0.200. The standard InChI is InChI=1S/C20H17.2ClH.Zr/c1-13-14(2)20-17(11-16-9-5-6-10-18(16)20)12-19(13)15-7-3-4-8-15;;;/h3-7,9-10H,8,11H2,1-2H3;2*1H;/q-1;;;+3/p-2. The SMILES string of the molecule is Cc1c(C2=CC=CC2)[c-]c2c(c1C)-c1ccccc1C2.[Cl-].[Cl-].[Zr+3]. The number of rotatable bonds is 1. The zero-order valence-electron chi connectivity index (χ0n) is 13.2. The first-order chi connectivity index (χ1) is 9.75. The minimum absolute atomic E-state index is 0. The van der Waals surface area contributed by atoms with Crippen molar-refractivity contribution in [3.63, 3.8) is 0 Å². The van der Waals surface area contributed by atoms with Crippen molar-refractivity contribution in [2.75, 3.05) is 0 Å². The van der Waals surface area contributed by atoms with Gasteiger partial charge in [-0.15, -0.1) is 40.0 Å². The molecule has 0 nitrogen and oxygen atoms in total. The molecule has 1 radical (unpaired) electrons. The molecule has 3 heteroatoms. The third-order valence-corrected chi connectivity index (χ3v) is 4.64. The van der Waals surface area contributed by atoms with Crippen molar-refractivity contribution in [1.82, 2.24) is 0 Å². The Hall–Kier alpha value is -0.617. The summed E-state index contributed by atoms with van der Waals surface area (Å²) in [5.41, 5.74) is 11.2. The number of fused-ring (bicyclic) bond motifs is 3. The number of allylic oxidation sites excluding steroid dienone is 4. The summed E-state index contributed by atoms with van der Waals surface area (Å²) in [6.45, 7) is 4.50. The topological polar surface area (TPSA) is 0 Å². The monoisotopic (exact) mass is 417 g/mol. The molecule has 23 heavy (non-hydrogen) atoms. The first kappa shape index (κ1) is 20.4. The Balaban J connectivity index is 0.000000882. The molecule has 4 rings (SSSR count). The first-order valence-corrected chi connectivity index (χ1v) is 7.25. The molecular weight excluding hydrogens is 402 g/mol. The molecule has 2 aliphatic rings. The van der Waals surface area contributed by atoms with Gasteiger partial charge in [-0.3, -0.25) is 0 Å². The maximum atomic E-state index is 3.71. The molecule has 0 heterocycles. The van der Waals surface area contributed by atoms with Crippen LogP contribution in [0.1, 0.15) is 34.2 Å². The van der Waals surface area contributed by atoms with Gasteiger partial charge in [0.1, 0.15) is 0 Å². The predicted octanol–water partition coefficient (Wildman–Crippen LogP) is -0.976. The van der Waals surface area contributed by atoms with E-state index in [-0.39, 0.29) is 51.0 Å². The molecule has 2 aromatic carbocycles. The Kier molecular flexibility index (Phi) is 7.08. The summed E-state index contributed by atoms with van der Waals surface area (Å²) in [6.07, 6.45) is 8.68. The van der Waals surface area contributed by atoms with Crippen molar-refractivity contribution in [3.8, 4) is 11.1 Å². The molecule has 0 unspecified atom stereocenters. The van der Waals surface area contributed by atoms with Gasteiger partial charge in [0.15, 0.2) is 0 Å². The maximum absolute atomic E-state index is 3.71. The van der Waals surface area contributed by atoms with E-state index in [1.807, 2.05) is 0 Å². The fourth-order valence-corrected chi connectivity index (χ4v) is 3.47. The van der Waals surface area contributed by atoms with Gasteiger partial charge in [0.2, 0.25) is 0 Å². The van der Waals surface area contributed by atoms with Crippen molar-refractivity contribution >= 4 is 5.57 Å². The molecule has 2 aliphatic carbocycles. The van der Waals surface area contributed by atoms with E-state index in [1.165, 1.54) is 44.5 Å². The minimum Gasteiger partial charge on any atom is -1.00 e. The van der Waals surface area contributed by atoms with Crippen LogP contribution in [0, 0.1) is 19.9 Å². The van der Waals surface area contributed by atoms with Crippen molar-refractivity contribution in [3.05, 3.63) is 76.4 Å². The van der Waals surface area contributed by atoms with Crippen LogP contribution in [0.3, 0.4) is 0 Å². The molecule has 0 fully saturated rings. The van der Waals surface area contributed by atoms with Crippen molar-refractivity contribution in [2.45, 2.75) is 26.7 Å². The molecular formula is C20H17Cl2Zr. The quantitative estimate of drug-likeness (QED) is 0.445. The smallest absolute Gasteiger partial charge is 1.00 e. The van der Waals surface area contributed by atoms with Gasteiger partial charge in [-0.05, 0) is 18.4 Å². The third kappa shape index (κ3) is 3.29. The minimum atomic E-state index is 0. The van der Waals surface area contributed by atoms with Gasteiger partial charge in [0.25, 0.3) is 0 Å². The average Bonchev–Trinajstić information content (AvgIpc) is 3.09. The van der Waals surface area contributed by atoms with Crippen LogP contribution in [0.15, 0.2) is 42.5 Å². The van der Waals surface area contributed by atoms with Crippen molar-refractivity contribution < 1.29 is 51.0 Å². The fourth-order valence-electron chi connectivity index (χ4n) is 3.47. The van der Waals surface area contributed by atoms with E-state index < -0.39 is 0 Å². The molecule has 0 aromatic heterocycles. The molecule has 0 atom stereocenters. The molecule has 0 amide bonds. The summed E-state index contributed by atoms with van der Waals surface area (Å²) < 4.78 is 0. The largest absolute Gasteiger partial charge is 3.00 e. The van der Waals surface area contributed by atoms with Gasteiger partial charge >= 0.3 is 26.2 Å². The summed E-state index contributed by atoms with van der Waals surface area (Å²) >= 11 is 0. The van der Waals surface area contributed by atoms with Crippen LogP contribution in [0.25, 0.3) is 16.7 Å². The van der Waals surface area contributed by atoms with Gasteiger partial charge in [0.05, 0.1) is 0 Å². The third-order valence-electron chi connectivity index (χ3n) is 4.64. The summed E-state index contributed by atoms with van der Waals surface area (Å²) in [5, 5.41) is 0. The molecule has 2 aromatic rings. The summed E-state index contributed by atoms with van der Waals surface area (Å²) in [4.78, 5) is 0. The van der Waals surface area contributed by atoms with Gasteiger partial charge in [-0.2, -0.15) is 0 Å². The van der Waals surface area contributed by atoms with Crippen LogP contribution in [0.5, 0.6) is 0 Å². The summed E-state index contributed by atoms with van der Waals surface area (Å²) in [7, 11) is 0. The first-order valence-electron chi connectivity index (χ1n) is 7.25. The Morgan fingerprint density at radius 1 is 1.00 bits per heavy atom. The molecule has 0 N–H and O–H groups in total. The number of halogens is 2. The van der Waals surface area contributed by atoms with Gasteiger partial charge in [0, 0.05) is 0 Å². The number of benzene rings is 2. The van der Waals surface area contributed by atoms with Crippen LogP contribution in [0.4, 0.5) is 0 Å². The van der Waals surface area contributed by atoms with E-state index in [2.05, 4.69) is 62.4 Å². The number of hydrogen-bond donors (Lipinski definition) is 0. The number of hydrogen-bond acceptors (Lipinski definition) is 0. The molecule has 0 aliphatic heterocycles. The van der Waals surface area contributed by atoms with E-state index in [1.54, 1.807) is 0 Å². The molecule has 115 valence electrons. The van der Waals surface area contributed by atoms with Crippen LogP contribution >= 0.6 is 0 Å². The maximum Gasteiger partial charge on any atom is 3.00 e. The normalized spacial score (nSPS) is 13.2. The molecule has 0 spiro atoms. The van der Waals surface area contributed by atoms with E-state index >= 15 is 0 Å². The van der Waals surface area contributed by atoms with Crippen LogP contribution in [0.2, 0.25) is 0 Å². The van der Waals surface area contributed by atoms with Gasteiger partial charge < -0.3 is 24.8 Å². The summed E-state index contributed by atoms with van der Waals surface area (Å²) in [5.74, 6) is 0. The van der Waals surface area contributed by atoms with E-state index in [0.29, 0.717) is 0 Å². The van der Waals surface area contributed by atoms with Crippen LogP contribution in [-0.2, 0) is 32.6 Å². The summed E-state index contributed by atoms with van der Waals surface area (Å²) in [6, 6.07) is 12.5. The molecule has 0 saturated heterocycles. The molecule has 0 saturated carbocycles. The zero-order valence-corrected chi connectivity index (χ0v) is 17.2. The van der Waals surface area contributed by atoms with E-state index in [9.17, 15) is 0 Å². The van der Waals surface area contributed by atoms with Crippen molar-refractivity contribution in [1.29, 1.82) is 0 Å². The predicted molar refractivity (Wildman–Crippen MR) is 84.7 cm³/mol. The average molecular weight is 419 g/mol. The Morgan fingerprint density at radius 3 is 2.43 bits per heavy atom.